The van der Waals surface area contributed by atoms with Gasteiger partial charge in [0.25, 0.3) is 5.56 Å². The lowest BCUT2D eigenvalue weighted by Crippen LogP contribution is -2.26. The molecule has 3 aromatic rings. The van der Waals surface area contributed by atoms with Gasteiger partial charge in [0, 0.05) is 12.6 Å². The maximum absolute atomic E-state index is 14.9. The van der Waals surface area contributed by atoms with Crippen LogP contribution in [0.1, 0.15) is 47.7 Å². The summed E-state index contributed by atoms with van der Waals surface area (Å²) in [5.74, 6) is 0.676. The number of fused-ring (bicyclic) bond motifs is 1. The smallest absolute Gasteiger partial charge is 0.262 e. The lowest BCUT2D eigenvalue weighted by molar-refractivity contribution is 0.104. The SMILES string of the molecule is Cc1cc(C2CC2)cc(C)c1-n1cc2c(=O)[nH]c([C@@]3(F)CCOC3)nc2n1. The van der Waals surface area contributed by atoms with Crippen LogP contribution in [0.5, 0.6) is 0 Å². The monoisotopic (exact) mass is 368 g/mol. The van der Waals surface area contributed by atoms with Crippen LogP contribution >= 0.6 is 0 Å². The minimum absolute atomic E-state index is 0.000255. The third kappa shape index (κ3) is 2.68. The first-order valence-corrected chi connectivity index (χ1v) is 9.33. The number of aromatic nitrogens is 4. The normalized spacial score (nSPS) is 22.6. The summed E-state index contributed by atoms with van der Waals surface area (Å²) in [5.41, 5.74) is 2.63. The quantitative estimate of drug-likeness (QED) is 0.771. The van der Waals surface area contributed by atoms with Crippen molar-refractivity contribution in [3.8, 4) is 5.69 Å². The van der Waals surface area contributed by atoms with E-state index in [1.165, 1.54) is 18.4 Å². The molecule has 0 radical (unpaired) electrons. The third-order valence-electron chi connectivity index (χ3n) is 5.58. The molecule has 0 spiro atoms. The minimum Gasteiger partial charge on any atom is -0.377 e. The van der Waals surface area contributed by atoms with Crippen LogP contribution in [0.3, 0.4) is 0 Å². The standard InChI is InChI=1S/C20H21FN4O2/c1-11-7-14(13-3-4-13)8-12(2)16(11)25-9-15-17(24-25)22-19(23-18(15)26)20(21)5-6-27-10-20/h7-9,13H,3-6,10H2,1-2H3,(H,22,23,24,26)/t20-/m1/s1. The van der Waals surface area contributed by atoms with Gasteiger partial charge in [0.05, 0.1) is 18.9 Å². The largest absolute Gasteiger partial charge is 0.377 e. The number of ether oxygens (including phenoxy) is 1. The van der Waals surface area contributed by atoms with E-state index in [0.717, 1.165) is 16.8 Å². The molecule has 2 aromatic heterocycles. The number of hydrogen-bond acceptors (Lipinski definition) is 4. The second-order valence-corrected chi connectivity index (χ2v) is 7.77. The molecule has 5 rings (SSSR count). The summed E-state index contributed by atoms with van der Waals surface area (Å²) >= 11 is 0. The van der Waals surface area contributed by atoms with Crippen LogP contribution in [0.4, 0.5) is 4.39 Å². The lowest BCUT2D eigenvalue weighted by Gasteiger charge is -2.15. The Balaban J connectivity index is 1.63. The maximum Gasteiger partial charge on any atom is 0.262 e. The van der Waals surface area contributed by atoms with E-state index in [4.69, 9.17) is 4.74 Å². The number of H-pyrrole nitrogens is 1. The zero-order valence-corrected chi connectivity index (χ0v) is 15.4. The fourth-order valence-electron chi connectivity index (χ4n) is 3.97. The highest BCUT2D eigenvalue weighted by molar-refractivity contribution is 5.73. The number of aryl methyl sites for hydroxylation is 2. The Hall–Kier alpha value is -2.54. The Kier molecular flexibility index (Phi) is 3.53. The summed E-state index contributed by atoms with van der Waals surface area (Å²) in [5, 5.41) is 4.85. The molecule has 1 aliphatic carbocycles. The third-order valence-corrected chi connectivity index (χ3v) is 5.58. The number of rotatable bonds is 3. The van der Waals surface area contributed by atoms with Gasteiger partial charge in [0.1, 0.15) is 5.39 Å². The van der Waals surface area contributed by atoms with Crippen molar-refractivity contribution in [3.63, 3.8) is 0 Å². The first-order valence-electron chi connectivity index (χ1n) is 9.33. The zero-order valence-electron chi connectivity index (χ0n) is 15.4. The highest BCUT2D eigenvalue weighted by Crippen LogP contribution is 2.41. The van der Waals surface area contributed by atoms with Gasteiger partial charge in [-0.1, -0.05) is 12.1 Å². The molecular weight excluding hydrogens is 347 g/mol. The molecule has 1 N–H and O–H groups in total. The first kappa shape index (κ1) is 16.6. The predicted molar refractivity (Wildman–Crippen MR) is 99.2 cm³/mol. The van der Waals surface area contributed by atoms with Gasteiger partial charge in [-0.3, -0.25) is 4.79 Å². The molecule has 3 heterocycles. The number of halogens is 1. The number of hydrogen-bond donors (Lipinski definition) is 1. The molecule has 140 valence electrons. The molecule has 0 unspecified atom stereocenters. The van der Waals surface area contributed by atoms with Gasteiger partial charge in [0.15, 0.2) is 17.1 Å². The topological polar surface area (TPSA) is 72.8 Å². The van der Waals surface area contributed by atoms with Crippen molar-refractivity contribution in [1.82, 2.24) is 19.7 Å². The van der Waals surface area contributed by atoms with E-state index >= 15 is 0 Å². The summed E-state index contributed by atoms with van der Waals surface area (Å²) in [6, 6.07) is 4.39. The van der Waals surface area contributed by atoms with E-state index in [1.807, 2.05) is 0 Å². The van der Waals surface area contributed by atoms with Gasteiger partial charge in [-0.2, -0.15) is 0 Å². The summed E-state index contributed by atoms with van der Waals surface area (Å²) in [7, 11) is 0. The number of benzene rings is 1. The van der Waals surface area contributed by atoms with Crippen LogP contribution in [0.2, 0.25) is 0 Å². The van der Waals surface area contributed by atoms with Gasteiger partial charge >= 0.3 is 0 Å². The Labute approximate surface area is 155 Å². The van der Waals surface area contributed by atoms with Crippen LogP contribution in [0.25, 0.3) is 16.7 Å². The fourth-order valence-corrected chi connectivity index (χ4v) is 3.97. The second-order valence-electron chi connectivity index (χ2n) is 7.77. The van der Waals surface area contributed by atoms with E-state index in [2.05, 4.69) is 41.0 Å². The van der Waals surface area contributed by atoms with E-state index in [-0.39, 0.29) is 30.1 Å². The van der Waals surface area contributed by atoms with Crippen LogP contribution in [0, 0.1) is 13.8 Å². The van der Waals surface area contributed by atoms with Crippen molar-refractivity contribution in [2.24, 2.45) is 0 Å². The Morgan fingerprint density at radius 1 is 1.30 bits per heavy atom. The van der Waals surface area contributed by atoms with Crippen molar-refractivity contribution in [3.05, 3.63) is 51.2 Å². The van der Waals surface area contributed by atoms with Gasteiger partial charge in [-0.25, -0.2) is 14.1 Å². The molecule has 1 atom stereocenters. The molecule has 6 nitrogen and oxygen atoms in total. The fraction of sp³-hybridized carbons (Fsp3) is 0.450. The first-order chi connectivity index (χ1) is 12.9. The average molecular weight is 368 g/mol. The molecule has 2 fully saturated rings. The van der Waals surface area contributed by atoms with Gasteiger partial charge in [-0.05, 0) is 49.3 Å². The molecule has 1 aliphatic heterocycles. The second kappa shape index (κ2) is 5.73. The molecule has 1 saturated heterocycles. The van der Waals surface area contributed by atoms with Gasteiger partial charge < -0.3 is 9.72 Å². The number of nitrogens with zero attached hydrogens (tertiary/aromatic N) is 3. The lowest BCUT2D eigenvalue weighted by atomic mass is 10.0. The molecule has 27 heavy (non-hydrogen) atoms. The number of nitrogens with one attached hydrogen (secondary N) is 1. The van der Waals surface area contributed by atoms with Crippen molar-refractivity contribution in [1.29, 1.82) is 0 Å². The van der Waals surface area contributed by atoms with Crippen molar-refractivity contribution in [2.45, 2.75) is 44.7 Å². The van der Waals surface area contributed by atoms with Gasteiger partial charge in [0.2, 0.25) is 0 Å². The van der Waals surface area contributed by atoms with E-state index in [0.29, 0.717) is 17.9 Å². The molecule has 0 amide bonds. The Morgan fingerprint density at radius 3 is 2.67 bits per heavy atom. The van der Waals surface area contributed by atoms with Gasteiger partial charge in [-0.15, -0.1) is 5.10 Å². The highest BCUT2D eigenvalue weighted by Gasteiger charge is 2.40. The Bertz CT molecular complexity index is 1080. The van der Waals surface area contributed by atoms with Crippen LogP contribution in [-0.2, 0) is 10.4 Å². The Morgan fingerprint density at radius 2 is 2.04 bits per heavy atom. The maximum atomic E-state index is 14.9. The van der Waals surface area contributed by atoms with Crippen molar-refractivity contribution < 1.29 is 9.13 Å². The molecule has 2 aliphatic rings. The highest BCUT2D eigenvalue weighted by atomic mass is 19.1. The molecular formula is C20H21FN4O2. The van der Waals surface area contributed by atoms with E-state index < -0.39 is 5.67 Å². The predicted octanol–water partition coefficient (Wildman–Crippen LogP) is 3.19. The summed E-state index contributed by atoms with van der Waals surface area (Å²) in [4.78, 5) is 19.4. The molecule has 0 bridgehead atoms. The number of alkyl halides is 1. The minimum atomic E-state index is -1.76. The summed E-state index contributed by atoms with van der Waals surface area (Å²) in [6.07, 6.45) is 4.36. The summed E-state index contributed by atoms with van der Waals surface area (Å²) < 4.78 is 21.8. The number of aromatic amines is 1. The molecule has 7 heteroatoms. The van der Waals surface area contributed by atoms with Crippen LogP contribution < -0.4 is 5.56 Å². The van der Waals surface area contributed by atoms with Crippen molar-refractivity contribution >= 4 is 11.0 Å². The van der Waals surface area contributed by atoms with E-state index in [1.54, 1.807) is 10.9 Å². The molecule has 1 saturated carbocycles. The summed E-state index contributed by atoms with van der Waals surface area (Å²) in [6.45, 7) is 4.33. The zero-order chi connectivity index (χ0) is 18.8. The average Bonchev–Trinajstić information content (AvgIpc) is 3.24. The molecule has 1 aromatic carbocycles. The van der Waals surface area contributed by atoms with E-state index in [9.17, 15) is 9.18 Å². The van der Waals surface area contributed by atoms with Crippen LogP contribution in [0.15, 0.2) is 23.1 Å². The van der Waals surface area contributed by atoms with Crippen LogP contribution in [-0.4, -0.2) is 33.0 Å². The van der Waals surface area contributed by atoms with Crippen molar-refractivity contribution in [2.75, 3.05) is 13.2 Å².